The Bertz CT molecular complexity index is 979. The van der Waals surface area contributed by atoms with Crippen LogP contribution in [0.4, 0.5) is 0 Å². The van der Waals surface area contributed by atoms with E-state index in [1.165, 1.54) is 23.5 Å². The number of nitrogens with zero attached hydrogens (tertiary/aromatic N) is 1. The molecule has 1 saturated heterocycles. The maximum absolute atomic E-state index is 13.2. The van der Waals surface area contributed by atoms with Crippen molar-refractivity contribution in [2.75, 3.05) is 26.8 Å². The first-order valence-corrected chi connectivity index (χ1v) is 11.4. The number of rotatable bonds is 8. The molecule has 2 N–H and O–H groups in total. The summed E-state index contributed by atoms with van der Waals surface area (Å²) in [5.74, 6) is 0.684. The van der Waals surface area contributed by atoms with Crippen LogP contribution in [0.3, 0.4) is 0 Å². The predicted octanol–water partition coefficient (Wildman–Crippen LogP) is 3.07. The van der Waals surface area contributed by atoms with Gasteiger partial charge in [0.2, 0.25) is 15.9 Å². The average Bonchev–Trinajstić information content (AvgIpc) is 2.73. The number of hydrogen-bond acceptors (Lipinski definition) is 5. The average molecular weight is 453 g/mol. The molecule has 0 bridgehead atoms. The number of carbonyl (C=O) groups is 1. The smallest absolute Gasteiger partial charge is 0.243 e. The Labute approximate surface area is 181 Å². The van der Waals surface area contributed by atoms with E-state index in [2.05, 4.69) is 0 Å². The first-order valence-electron chi connectivity index (χ1n) is 9.55. The molecule has 0 aromatic heterocycles. The molecule has 0 spiro atoms. The Balaban J connectivity index is 1.81. The van der Waals surface area contributed by atoms with Gasteiger partial charge in [-0.25, -0.2) is 8.42 Å². The molecule has 0 radical (unpaired) electrons. The number of methoxy groups -OCH3 is 1. The molecule has 1 aliphatic rings. The molecule has 1 amide bonds. The topological polar surface area (TPSA) is 98.9 Å². The third kappa shape index (κ3) is 5.24. The van der Waals surface area contributed by atoms with Gasteiger partial charge in [0.15, 0.2) is 0 Å². The molecule has 3 rings (SSSR count). The summed E-state index contributed by atoms with van der Waals surface area (Å²) in [7, 11) is -2.21. The normalized spacial score (nSPS) is 19.9. The van der Waals surface area contributed by atoms with E-state index < -0.39 is 21.3 Å². The minimum absolute atomic E-state index is 0.0369. The van der Waals surface area contributed by atoms with Gasteiger partial charge in [0, 0.05) is 29.9 Å². The van der Waals surface area contributed by atoms with Crippen molar-refractivity contribution in [1.82, 2.24) is 4.31 Å². The van der Waals surface area contributed by atoms with Gasteiger partial charge >= 0.3 is 0 Å². The minimum Gasteiger partial charge on any atom is -0.497 e. The number of primary amides is 1. The Hall–Kier alpha value is -2.29. The number of carbonyl (C=O) groups excluding carboxylic acids is 1. The molecule has 1 fully saturated rings. The van der Waals surface area contributed by atoms with Crippen molar-refractivity contribution >= 4 is 27.5 Å². The summed E-state index contributed by atoms with van der Waals surface area (Å²) in [6.45, 7) is 0.694. The van der Waals surface area contributed by atoms with Gasteiger partial charge < -0.3 is 15.2 Å². The SMILES string of the molecule is COc1ccc(S(=O)(=O)N2CCC[C@@](COc3ccc(Cl)cc3)(CC(N)=O)C2)cc1. The van der Waals surface area contributed by atoms with E-state index in [9.17, 15) is 13.2 Å². The summed E-state index contributed by atoms with van der Waals surface area (Å²) in [4.78, 5) is 12.0. The number of piperidine rings is 1. The van der Waals surface area contributed by atoms with Crippen LogP contribution in [0.5, 0.6) is 11.5 Å². The van der Waals surface area contributed by atoms with Crippen LogP contribution in [0, 0.1) is 5.41 Å². The van der Waals surface area contributed by atoms with Gasteiger partial charge in [0.25, 0.3) is 0 Å². The second kappa shape index (κ2) is 9.24. The molecule has 162 valence electrons. The summed E-state index contributed by atoms with van der Waals surface area (Å²) in [6.07, 6.45) is 1.28. The first-order chi connectivity index (χ1) is 14.2. The maximum Gasteiger partial charge on any atom is 0.243 e. The summed E-state index contributed by atoms with van der Waals surface area (Å²) in [5, 5.41) is 0.587. The first kappa shape index (κ1) is 22.4. The quantitative estimate of drug-likeness (QED) is 0.663. The lowest BCUT2D eigenvalue weighted by molar-refractivity contribution is -0.121. The number of sulfonamides is 1. The van der Waals surface area contributed by atoms with Gasteiger partial charge in [0.05, 0.1) is 18.6 Å². The van der Waals surface area contributed by atoms with Gasteiger partial charge in [-0.2, -0.15) is 4.31 Å². The highest BCUT2D eigenvalue weighted by molar-refractivity contribution is 7.89. The fraction of sp³-hybridized carbons (Fsp3) is 0.381. The molecule has 2 aromatic carbocycles. The lowest BCUT2D eigenvalue weighted by Crippen LogP contribution is -2.50. The molecule has 0 aliphatic carbocycles. The van der Waals surface area contributed by atoms with E-state index in [0.717, 1.165) is 0 Å². The van der Waals surface area contributed by atoms with E-state index >= 15 is 0 Å². The molecule has 2 aromatic rings. The summed E-state index contributed by atoms with van der Waals surface area (Å²) >= 11 is 5.91. The van der Waals surface area contributed by atoms with Crippen molar-refractivity contribution in [2.24, 2.45) is 11.1 Å². The Kier molecular flexibility index (Phi) is 6.90. The second-order valence-corrected chi connectivity index (χ2v) is 9.88. The van der Waals surface area contributed by atoms with Crippen LogP contribution in [0.2, 0.25) is 5.02 Å². The van der Waals surface area contributed by atoms with Gasteiger partial charge in [-0.15, -0.1) is 0 Å². The van der Waals surface area contributed by atoms with Gasteiger partial charge in [0.1, 0.15) is 11.5 Å². The molecule has 0 saturated carbocycles. The number of halogens is 1. The molecule has 1 aliphatic heterocycles. The number of nitrogens with two attached hydrogens (primary N) is 1. The highest BCUT2D eigenvalue weighted by atomic mass is 35.5. The molecular weight excluding hydrogens is 428 g/mol. The number of ether oxygens (including phenoxy) is 2. The van der Waals surface area contributed by atoms with Crippen LogP contribution < -0.4 is 15.2 Å². The zero-order chi connectivity index (χ0) is 21.8. The zero-order valence-electron chi connectivity index (χ0n) is 16.7. The van der Waals surface area contributed by atoms with Crippen molar-refractivity contribution in [3.63, 3.8) is 0 Å². The van der Waals surface area contributed by atoms with Crippen molar-refractivity contribution < 1.29 is 22.7 Å². The van der Waals surface area contributed by atoms with Crippen LogP contribution in [0.25, 0.3) is 0 Å². The lowest BCUT2D eigenvalue weighted by atomic mass is 9.78. The lowest BCUT2D eigenvalue weighted by Gasteiger charge is -2.41. The third-order valence-corrected chi connectivity index (χ3v) is 7.34. The molecular formula is C21H25ClN2O5S. The van der Waals surface area contributed by atoms with E-state index in [-0.39, 0.29) is 24.5 Å². The van der Waals surface area contributed by atoms with E-state index in [1.54, 1.807) is 36.4 Å². The van der Waals surface area contributed by atoms with E-state index in [1.807, 2.05) is 0 Å². The van der Waals surface area contributed by atoms with Crippen molar-refractivity contribution in [2.45, 2.75) is 24.2 Å². The summed E-state index contributed by atoms with van der Waals surface area (Å²) in [5.41, 5.74) is 4.80. The highest BCUT2D eigenvalue weighted by Gasteiger charge is 2.42. The molecule has 0 unspecified atom stereocenters. The maximum atomic E-state index is 13.2. The van der Waals surface area contributed by atoms with Gasteiger partial charge in [-0.05, 0) is 61.4 Å². The zero-order valence-corrected chi connectivity index (χ0v) is 18.3. The number of hydrogen-bond donors (Lipinski definition) is 1. The molecule has 1 atom stereocenters. The van der Waals surface area contributed by atoms with E-state index in [4.69, 9.17) is 26.8 Å². The largest absolute Gasteiger partial charge is 0.497 e. The van der Waals surface area contributed by atoms with Crippen molar-refractivity contribution in [3.05, 3.63) is 53.6 Å². The molecule has 1 heterocycles. The predicted molar refractivity (Wildman–Crippen MR) is 114 cm³/mol. The monoisotopic (exact) mass is 452 g/mol. The minimum atomic E-state index is -3.73. The van der Waals surface area contributed by atoms with Crippen LogP contribution in [0.1, 0.15) is 19.3 Å². The second-order valence-electron chi connectivity index (χ2n) is 7.50. The van der Waals surface area contributed by atoms with E-state index in [0.29, 0.717) is 35.9 Å². The van der Waals surface area contributed by atoms with Crippen LogP contribution in [-0.4, -0.2) is 45.4 Å². The van der Waals surface area contributed by atoms with Crippen LogP contribution in [0.15, 0.2) is 53.4 Å². The molecule has 9 heteroatoms. The van der Waals surface area contributed by atoms with Gasteiger partial charge in [-0.1, -0.05) is 11.6 Å². The van der Waals surface area contributed by atoms with Gasteiger partial charge in [-0.3, -0.25) is 4.79 Å². The Morgan fingerprint density at radius 1 is 1.13 bits per heavy atom. The summed E-state index contributed by atoms with van der Waals surface area (Å²) in [6, 6.07) is 13.1. The fourth-order valence-electron chi connectivity index (χ4n) is 3.71. The summed E-state index contributed by atoms with van der Waals surface area (Å²) < 4.78 is 38.8. The number of benzene rings is 2. The molecule has 7 nitrogen and oxygen atoms in total. The Morgan fingerprint density at radius 2 is 1.77 bits per heavy atom. The van der Waals surface area contributed by atoms with Crippen LogP contribution in [-0.2, 0) is 14.8 Å². The number of amides is 1. The van der Waals surface area contributed by atoms with Crippen molar-refractivity contribution in [3.8, 4) is 11.5 Å². The molecule has 30 heavy (non-hydrogen) atoms. The van der Waals surface area contributed by atoms with Crippen LogP contribution >= 0.6 is 11.6 Å². The highest BCUT2D eigenvalue weighted by Crippen LogP contribution is 2.37. The van der Waals surface area contributed by atoms with Crippen molar-refractivity contribution in [1.29, 1.82) is 0 Å². The standard InChI is InChI=1S/C21H25ClN2O5S/c1-28-17-7-9-19(10-8-17)30(26,27)24-12-2-11-21(14-24,13-20(23)25)15-29-18-5-3-16(22)4-6-18/h3-10H,2,11-15H2,1H3,(H2,23,25)/t21-/m1/s1. The third-order valence-electron chi connectivity index (χ3n) is 5.23. The Morgan fingerprint density at radius 3 is 2.37 bits per heavy atom. The fourth-order valence-corrected chi connectivity index (χ4v) is 5.43.